The van der Waals surface area contributed by atoms with Crippen molar-refractivity contribution in [3.8, 4) is 0 Å². The summed E-state index contributed by atoms with van der Waals surface area (Å²) >= 11 is 0. The fourth-order valence-electron chi connectivity index (χ4n) is 5.03. The number of amides is 1. The Labute approximate surface area is 307 Å². The van der Waals surface area contributed by atoms with E-state index in [0.717, 1.165) is 0 Å². The monoisotopic (exact) mass is 748 g/mol. The van der Waals surface area contributed by atoms with Crippen LogP contribution in [0.5, 0.6) is 0 Å². The van der Waals surface area contributed by atoms with Crippen molar-refractivity contribution in [2.75, 3.05) is 57.3 Å². The molecule has 0 aromatic carbocycles. The lowest BCUT2D eigenvalue weighted by Crippen LogP contribution is -2.62. The van der Waals surface area contributed by atoms with Crippen LogP contribution in [0.2, 0.25) is 0 Å². The van der Waals surface area contributed by atoms with E-state index in [9.17, 15) is 4.79 Å². The van der Waals surface area contributed by atoms with Gasteiger partial charge in [-0.05, 0) is 26.2 Å². The van der Waals surface area contributed by atoms with Gasteiger partial charge in [0.25, 0.3) is 5.91 Å². The van der Waals surface area contributed by atoms with E-state index in [1.165, 1.54) is 6.20 Å². The van der Waals surface area contributed by atoms with Crippen molar-refractivity contribution in [3.05, 3.63) is 62.5 Å². The van der Waals surface area contributed by atoms with Crippen LogP contribution in [0, 0.1) is 5.92 Å². The molecule has 0 spiro atoms. The second-order valence-electron chi connectivity index (χ2n) is 11.7. The van der Waals surface area contributed by atoms with E-state index in [1.54, 1.807) is 24.3 Å². The molecule has 1 fully saturated rings. The molecule has 0 bridgehead atoms. The second-order valence-corrected chi connectivity index (χ2v) is 12.9. The van der Waals surface area contributed by atoms with E-state index in [2.05, 4.69) is 51.6 Å². The Morgan fingerprint density at radius 3 is 2.17 bits per heavy atom. The van der Waals surface area contributed by atoms with Crippen LogP contribution < -0.4 is 11.1 Å². The molecular formula is C35H53N6O10P. The highest BCUT2D eigenvalue weighted by molar-refractivity contribution is 7.41. The SMILES string of the molecule is C=CCOC[C@H]1OC(O[C@@H](CC(C)C)C(=O)Nc2nc(N)c3nc(COP(OCC)OCC)cnc3n2)[C@H](OCC=C)[C@@H](OCC=C)[C@@H]1OCC=C. The summed E-state index contributed by atoms with van der Waals surface area (Å²) in [6.45, 7) is 24.6. The lowest BCUT2D eigenvalue weighted by molar-refractivity contribution is -0.326. The Morgan fingerprint density at radius 2 is 1.56 bits per heavy atom. The number of ether oxygens (including phenoxy) is 6. The predicted molar refractivity (Wildman–Crippen MR) is 197 cm³/mol. The van der Waals surface area contributed by atoms with Crippen molar-refractivity contribution in [1.82, 2.24) is 19.9 Å². The van der Waals surface area contributed by atoms with E-state index >= 15 is 0 Å². The number of nitrogen functional groups attached to an aromatic ring is 1. The molecule has 0 saturated carbocycles. The van der Waals surface area contributed by atoms with Crippen LogP contribution in [0.1, 0.15) is 39.8 Å². The van der Waals surface area contributed by atoms with Crippen LogP contribution in [-0.4, -0.2) is 109 Å². The summed E-state index contributed by atoms with van der Waals surface area (Å²) in [4.78, 5) is 31.4. The van der Waals surface area contributed by atoms with Gasteiger partial charge in [0.05, 0.1) is 64.7 Å². The first kappa shape index (κ1) is 43.1. The zero-order valence-electron chi connectivity index (χ0n) is 30.5. The standard InChI is InChI=1S/C35H53N6O10P/c1-9-15-43-22-26-28(44-16-10-2)29(45-17-11-3)30(46-18-12-4)34(51-26)50-25(19-23(7)8)33(42)41-35-39-31(36)27-32(40-35)37-20-24(38-27)21-49-52(47-13-5)48-14-6/h9-12,20,23,25-26,28-30,34H,1-4,13-19,21-22H2,5-8H3,(H3,36,37,39,40,41,42)/t25-,26+,28+,29-,30+,34?/m0/s1. The highest BCUT2D eigenvalue weighted by Gasteiger charge is 2.50. The normalized spacial score (nSPS) is 20.9. The molecule has 0 aliphatic carbocycles. The van der Waals surface area contributed by atoms with Crippen LogP contribution in [0.4, 0.5) is 11.8 Å². The van der Waals surface area contributed by atoms with Gasteiger partial charge in [0.15, 0.2) is 23.3 Å². The van der Waals surface area contributed by atoms with Gasteiger partial charge in [0, 0.05) is 0 Å². The first-order valence-electron chi connectivity index (χ1n) is 17.1. The summed E-state index contributed by atoms with van der Waals surface area (Å²) in [6.07, 6.45) is 3.27. The minimum Gasteiger partial charge on any atom is -0.382 e. The maximum atomic E-state index is 13.9. The number of aromatic nitrogens is 4. The summed E-state index contributed by atoms with van der Waals surface area (Å²) in [5, 5.41) is 2.73. The summed E-state index contributed by atoms with van der Waals surface area (Å²) in [6, 6.07) is 0. The molecule has 3 N–H and O–H groups in total. The van der Waals surface area contributed by atoms with Gasteiger partial charge in [-0.3, -0.25) is 10.1 Å². The lowest BCUT2D eigenvalue weighted by atomic mass is 9.97. The van der Waals surface area contributed by atoms with Crippen molar-refractivity contribution in [2.24, 2.45) is 5.92 Å². The molecule has 52 heavy (non-hydrogen) atoms. The van der Waals surface area contributed by atoms with Crippen LogP contribution in [0.15, 0.2) is 56.8 Å². The molecule has 1 saturated heterocycles. The van der Waals surface area contributed by atoms with Crippen LogP contribution in [-0.2, 0) is 53.4 Å². The third kappa shape index (κ3) is 13.3. The molecular weight excluding hydrogens is 695 g/mol. The third-order valence-electron chi connectivity index (χ3n) is 7.11. The number of nitrogens with zero attached hydrogens (tertiary/aromatic N) is 4. The molecule has 1 unspecified atom stereocenters. The predicted octanol–water partition coefficient (Wildman–Crippen LogP) is 4.83. The van der Waals surface area contributed by atoms with E-state index in [1.807, 2.05) is 27.7 Å². The fourth-order valence-corrected chi connectivity index (χ4v) is 5.91. The number of hydrogen-bond acceptors (Lipinski definition) is 15. The second kappa shape index (κ2) is 23.4. The molecule has 1 amide bonds. The molecule has 288 valence electrons. The molecule has 2 aromatic rings. The molecule has 6 atom stereocenters. The number of nitrogens with one attached hydrogen (secondary N) is 1. The number of nitrogens with two attached hydrogens (primary N) is 1. The Kier molecular flexibility index (Phi) is 19.4. The number of rotatable bonds is 26. The molecule has 3 heterocycles. The maximum absolute atomic E-state index is 13.9. The number of carbonyl (C=O) groups excluding carboxylic acids is 1. The number of anilines is 2. The third-order valence-corrected chi connectivity index (χ3v) is 8.39. The van der Waals surface area contributed by atoms with Crippen LogP contribution in [0.3, 0.4) is 0 Å². The van der Waals surface area contributed by atoms with Gasteiger partial charge in [-0.15, -0.1) is 26.3 Å². The van der Waals surface area contributed by atoms with Crippen molar-refractivity contribution >= 4 is 37.4 Å². The van der Waals surface area contributed by atoms with Gasteiger partial charge in [-0.2, -0.15) is 9.97 Å². The number of carbonyl (C=O) groups is 1. The first-order chi connectivity index (χ1) is 25.2. The Bertz CT molecular complexity index is 1430. The molecule has 0 radical (unpaired) electrons. The van der Waals surface area contributed by atoms with Crippen molar-refractivity contribution < 1.29 is 46.8 Å². The van der Waals surface area contributed by atoms with Gasteiger partial charge in [-0.25, -0.2) is 9.97 Å². The average molecular weight is 749 g/mol. The maximum Gasteiger partial charge on any atom is 0.333 e. The van der Waals surface area contributed by atoms with Gasteiger partial charge >= 0.3 is 8.60 Å². The van der Waals surface area contributed by atoms with E-state index in [4.69, 9.17) is 47.7 Å². The topological polar surface area (TPSA) is 190 Å². The van der Waals surface area contributed by atoms with E-state index in [0.29, 0.717) is 25.3 Å². The molecule has 16 nitrogen and oxygen atoms in total. The molecule has 3 rings (SSSR count). The molecule has 17 heteroatoms. The molecule has 1 aliphatic rings. The zero-order valence-corrected chi connectivity index (χ0v) is 31.4. The lowest BCUT2D eigenvalue weighted by Gasteiger charge is -2.46. The summed E-state index contributed by atoms with van der Waals surface area (Å²) in [5.74, 6) is -0.566. The summed E-state index contributed by atoms with van der Waals surface area (Å²) in [5.41, 5.74) is 7.16. The number of hydrogen-bond donors (Lipinski definition) is 2. The smallest absolute Gasteiger partial charge is 0.333 e. The molecule has 1 aliphatic heterocycles. The minimum atomic E-state index is -1.53. The zero-order chi connectivity index (χ0) is 37.9. The molecule has 2 aromatic heterocycles. The fraction of sp³-hybridized carbons (Fsp3) is 0.571. The van der Waals surface area contributed by atoms with Gasteiger partial charge in [0.1, 0.15) is 30.5 Å². The number of fused-ring (bicyclic) bond motifs is 1. The largest absolute Gasteiger partial charge is 0.382 e. The van der Waals surface area contributed by atoms with Gasteiger partial charge in [0.2, 0.25) is 5.95 Å². The summed E-state index contributed by atoms with van der Waals surface area (Å²) in [7, 11) is -1.53. The van der Waals surface area contributed by atoms with E-state index < -0.39 is 51.3 Å². The Balaban J connectivity index is 1.87. The van der Waals surface area contributed by atoms with Crippen molar-refractivity contribution in [2.45, 2.75) is 77.5 Å². The first-order valence-corrected chi connectivity index (χ1v) is 18.2. The average Bonchev–Trinajstić information content (AvgIpc) is 3.12. The highest BCUT2D eigenvalue weighted by Crippen LogP contribution is 2.40. The van der Waals surface area contributed by atoms with Crippen LogP contribution in [0.25, 0.3) is 11.2 Å². The Morgan fingerprint density at radius 1 is 0.923 bits per heavy atom. The Hall–Kier alpha value is -3.28. The van der Waals surface area contributed by atoms with Gasteiger partial charge < -0.3 is 47.7 Å². The van der Waals surface area contributed by atoms with Gasteiger partial charge in [-0.1, -0.05) is 38.2 Å². The van der Waals surface area contributed by atoms with Crippen molar-refractivity contribution in [3.63, 3.8) is 0 Å². The van der Waals surface area contributed by atoms with Crippen molar-refractivity contribution in [1.29, 1.82) is 0 Å². The van der Waals surface area contributed by atoms with E-state index in [-0.39, 0.29) is 68.5 Å². The van der Waals surface area contributed by atoms with Crippen LogP contribution >= 0.6 is 8.60 Å². The minimum absolute atomic E-state index is 0.0107. The quantitative estimate of drug-likeness (QED) is 0.0755. The highest BCUT2D eigenvalue weighted by atomic mass is 31.2. The summed E-state index contributed by atoms with van der Waals surface area (Å²) < 4.78 is 53.8.